The predicted molar refractivity (Wildman–Crippen MR) is 81.4 cm³/mol. The minimum absolute atomic E-state index is 0.0433. The quantitative estimate of drug-likeness (QED) is 0.722. The van der Waals surface area contributed by atoms with Crippen molar-refractivity contribution in [3.63, 3.8) is 0 Å². The molecule has 1 aromatic carbocycles. The number of fused-ring (bicyclic) bond motifs is 4. The summed E-state index contributed by atoms with van der Waals surface area (Å²) in [7, 11) is 0. The van der Waals surface area contributed by atoms with Crippen LogP contribution in [0.15, 0.2) is 42.1 Å². The molecule has 1 aliphatic carbocycles. The van der Waals surface area contributed by atoms with Crippen LogP contribution in [-0.2, 0) is 16.0 Å². The van der Waals surface area contributed by atoms with Crippen LogP contribution >= 0.6 is 0 Å². The zero-order valence-corrected chi connectivity index (χ0v) is 12.9. The van der Waals surface area contributed by atoms with Crippen molar-refractivity contribution in [2.75, 3.05) is 0 Å². The maximum Gasteiger partial charge on any atom is 0.575 e. The summed E-state index contributed by atoms with van der Waals surface area (Å²) in [5.41, 5.74) is 3.26. The van der Waals surface area contributed by atoms with E-state index in [1.165, 1.54) is 5.56 Å². The molecular weight excluding hydrogens is 319 g/mol. The Labute approximate surface area is 137 Å². The van der Waals surface area contributed by atoms with Crippen LogP contribution in [0.5, 0.6) is 0 Å². The number of carbonyl (C=O) groups excluding carboxylic acids is 1. The average molecular weight is 335 g/mol. The highest BCUT2D eigenvalue weighted by atomic mass is 19.4. The van der Waals surface area contributed by atoms with Crippen molar-refractivity contribution < 1.29 is 22.7 Å². The van der Waals surface area contributed by atoms with Crippen LogP contribution in [0.1, 0.15) is 36.8 Å². The molecule has 1 aromatic rings. The molecular formula is C18H16F3NO2. The topological polar surface area (TPSA) is 29.5 Å². The summed E-state index contributed by atoms with van der Waals surface area (Å²) in [6.07, 6.45) is 2.47. The predicted octanol–water partition coefficient (Wildman–Crippen LogP) is 4.16. The van der Waals surface area contributed by atoms with Crippen molar-refractivity contribution in [2.24, 2.45) is 0 Å². The molecule has 0 saturated heterocycles. The third-order valence-electron chi connectivity index (χ3n) is 5.14. The molecule has 0 aromatic heterocycles. The zero-order valence-electron chi connectivity index (χ0n) is 12.9. The lowest BCUT2D eigenvalue weighted by atomic mass is 9.67. The van der Waals surface area contributed by atoms with Crippen LogP contribution in [0.3, 0.4) is 0 Å². The van der Waals surface area contributed by atoms with E-state index in [0.29, 0.717) is 0 Å². The van der Waals surface area contributed by atoms with Gasteiger partial charge >= 0.3 is 12.3 Å². The standard InChI is InChI=1S/C18H16F3NO2/c19-18(20,21)24-16(23)13-6-7-15-14-5-2-1-4-12(14)10-17(8-3-9-17)22(15)11-13/h1-2,4-5,7,11H,3,6,8-10H2. The first-order chi connectivity index (χ1) is 11.4. The molecule has 1 spiro atoms. The molecule has 1 fully saturated rings. The smallest absolute Gasteiger partial charge is 0.369 e. The molecule has 3 aliphatic rings. The number of esters is 1. The number of nitrogens with zero attached hydrogens (tertiary/aromatic N) is 1. The van der Waals surface area contributed by atoms with E-state index in [0.717, 1.165) is 36.9 Å². The molecule has 4 rings (SSSR count). The molecule has 0 amide bonds. The molecule has 0 unspecified atom stereocenters. The number of halogens is 3. The maximum absolute atomic E-state index is 12.3. The van der Waals surface area contributed by atoms with E-state index < -0.39 is 12.3 Å². The van der Waals surface area contributed by atoms with Gasteiger partial charge in [-0.1, -0.05) is 30.3 Å². The van der Waals surface area contributed by atoms with Gasteiger partial charge in [0.15, 0.2) is 0 Å². The van der Waals surface area contributed by atoms with Crippen LogP contribution in [-0.4, -0.2) is 22.8 Å². The normalized spacial score (nSPS) is 21.2. The van der Waals surface area contributed by atoms with Gasteiger partial charge in [-0.2, -0.15) is 0 Å². The molecule has 24 heavy (non-hydrogen) atoms. The van der Waals surface area contributed by atoms with E-state index >= 15 is 0 Å². The Morgan fingerprint density at radius 1 is 1.21 bits per heavy atom. The van der Waals surface area contributed by atoms with Crippen molar-refractivity contribution in [3.05, 3.63) is 53.2 Å². The zero-order chi connectivity index (χ0) is 16.9. The number of rotatable bonds is 1. The van der Waals surface area contributed by atoms with Gasteiger partial charge in [-0.15, -0.1) is 13.2 Å². The molecule has 6 heteroatoms. The van der Waals surface area contributed by atoms with Gasteiger partial charge in [-0.25, -0.2) is 4.79 Å². The van der Waals surface area contributed by atoms with Crippen LogP contribution < -0.4 is 0 Å². The first-order valence-electron chi connectivity index (χ1n) is 7.97. The number of allylic oxidation sites excluding steroid dienone is 1. The lowest BCUT2D eigenvalue weighted by molar-refractivity contribution is -0.303. The largest absolute Gasteiger partial charge is 0.575 e. The Kier molecular flexibility index (Phi) is 3.27. The molecule has 1 saturated carbocycles. The van der Waals surface area contributed by atoms with Crippen LogP contribution in [0.4, 0.5) is 13.2 Å². The highest BCUT2D eigenvalue weighted by molar-refractivity contribution is 5.90. The fourth-order valence-electron chi connectivity index (χ4n) is 3.89. The number of hydrogen-bond donors (Lipinski definition) is 0. The van der Waals surface area contributed by atoms with Gasteiger partial charge in [0, 0.05) is 29.4 Å². The molecule has 126 valence electrons. The summed E-state index contributed by atoms with van der Waals surface area (Å²) >= 11 is 0. The second-order valence-electron chi connectivity index (χ2n) is 6.56. The van der Waals surface area contributed by atoms with E-state index in [9.17, 15) is 18.0 Å². The summed E-state index contributed by atoms with van der Waals surface area (Å²) in [6.45, 7) is 0. The monoisotopic (exact) mass is 335 g/mol. The lowest BCUT2D eigenvalue weighted by Gasteiger charge is -2.55. The van der Waals surface area contributed by atoms with E-state index in [4.69, 9.17) is 0 Å². The van der Waals surface area contributed by atoms with Gasteiger partial charge in [0.25, 0.3) is 0 Å². The summed E-state index contributed by atoms with van der Waals surface area (Å²) in [6, 6.07) is 8.08. The number of ether oxygens (including phenoxy) is 1. The molecule has 0 atom stereocenters. The summed E-state index contributed by atoms with van der Waals surface area (Å²) in [5, 5.41) is 0. The van der Waals surface area contributed by atoms with Crippen molar-refractivity contribution >= 4 is 11.7 Å². The van der Waals surface area contributed by atoms with Gasteiger partial charge in [0.05, 0.1) is 5.57 Å². The number of alkyl halides is 3. The number of benzene rings is 1. The Morgan fingerprint density at radius 3 is 2.62 bits per heavy atom. The van der Waals surface area contributed by atoms with E-state index in [2.05, 4.69) is 10.8 Å². The molecule has 0 bridgehead atoms. The van der Waals surface area contributed by atoms with E-state index in [1.807, 2.05) is 29.2 Å². The second-order valence-corrected chi connectivity index (χ2v) is 6.56. The second kappa shape index (κ2) is 5.13. The SMILES string of the molecule is O=C(OC(F)(F)F)C1=CN2C(=CC1)c1ccccc1CC21CCC1. The van der Waals surface area contributed by atoms with Crippen LogP contribution in [0.2, 0.25) is 0 Å². The minimum atomic E-state index is -4.95. The van der Waals surface area contributed by atoms with Crippen molar-refractivity contribution in [2.45, 2.75) is 44.0 Å². The van der Waals surface area contributed by atoms with Crippen molar-refractivity contribution in [1.82, 2.24) is 4.90 Å². The van der Waals surface area contributed by atoms with Crippen LogP contribution in [0, 0.1) is 0 Å². The van der Waals surface area contributed by atoms with E-state index in [1.54, 1.807) is 6.20 Å². The Morgan fingerprint density at radius 2 is 1.96 bits per heavy atom. The molecule has 3 nitrogen and oxygen atoms in total. The third-order valence-corrected chi connectivity index (χ3v) is 5.14. The van der Waals surface area contributed by atoms with Gasteiger partial charge in [-0.3, -0.25) is 0 Å². The first-order valence-corrected chi connectivity index (χ1v) is 7.97. The summed E-state index contributed by atoms with van der Waals surface area (Å²) in [4.78, 5) is 13.8. The highest BCUT2D eigenvalue weighted by Gasteiger charge is 2.47. The number of carbonyl (C=O) groups is 1. The van der Waals surface area contributed by atoms with Gasteiger partial charge in [-0.05, 0) is 31.2 Å². The van der Waals surface area contributed by atoms with E-state index in [-0.39, 0.29) is 17.5 Å². The third kappa shape index (κ3) is 2.41. The highest BCUT2D eigenvalue weighted by Crippen LogP contribution is 2.50. The maximum atomic E-state index is 12.3. The summed E-state index contributed by atoms with van der Waals surface area (Å²) < 4.78 is 40.5. The fraction of sp³-hybridized carbons (Fsp3) is 0.389. The molecule has 0 N–H and O–H groups in total. The van der Waals surface area contributed by atoms with Crippen molar-refractivity contribution in [1.29, 1.82) is 0 Å². The Hall–Kier alpha value is -2.24. The van der Waals surface area contributed by atoms with Gasteiger partial charge < -0.3 is 9.64 Å². The van der Waals surface area contributed by atoms with Crippen molar-refractivity contribution in [3.8, 4) is 0 Å². The Bertz CT molecular complexity index is 760. The molecule has 2 aliphatic heterocycles. The first kappa shape index (κ1) is 15.3. The molecule has 2 heterocycles. The summed E-state index contributed by atoms with van der Waals surface area (Å²) in [5.74, 6) is -1.31. The van der Waals surface area contributed by atoms with Gasteiger partial charge in [0.2, 0.25) is 0 Å². The number of hydrogen-bond acceptors (Lipinski definition) is 3. The fourth-order valence-corrected chi connectivity index (χ4v) is 3.89. The Balaban J connectivity index is 1.70. The molecule has 0 radical (unpaired) electrons. The average Bonchev–Trinajstić information content (AvgIpc) is 2.50. The lowest BCUT2D eigenvalue weighted by Crippen LogP contribution is -2.55. The van der Waals surface area contributed by atoms with Gasteiger partial charge in [0.1, 0.15) is 0 Å². The minimum Gasteiger partial charge on any atom is -0.369 e. The van der Waals surface area contributed by atoms with Crippen LogP contribution in [0.25, 0.3) is 5.70 Å².